The van der Waals surface area contributed by atoms with Gasteiger partial charge in [0.1, 0.15) is 11.3 Å². The van der Waals surface area contributed by atoms with Gasteiger partial charge in [0.15, 0.2) is 0 Å². The van der Waals surface area contributed by atoms with E-state index in [1.165, 1.54) is 23.1 Å². The van der Waals surface area contributed by atoms with Gasteiger partial charge in [-0.25, -0.2) is 0 Å². The molecule has 0 aliphatic rings. The molecule has 3 heterocycles. The number of thioether (sulfide) groups is 1. The first kappa shape index (κ1) is 16.9. The Morgan fingerprint density at radius 2 is 2.12 bits per heavy atom. The van der Waals surface area contributed by atoms with E-state index in [9.17, 15) is 4.79 Å². The molecule has 6 nitrogen and oxygen atoms in total. The number of nitrogens with zero attached hydrogens (tertiary/aromatic N) is 2. The monoisotopic (exact) mass is 385 g/mol. The molecule has 1 N–H and O–H groups in total. The lowest BCUT2D eigenvalue weighted by Gasteiger charge is -2.10. The number of hydrogen-bond donors (Lipinski definition) is 1. The van der Waals surface area contributed by atoms with Crippen LogP contribution in [-0.4, -0.2) is 21.9 Å². The number of hydrogen-bond acceptors (Lipinski definition) is 7. The molecule has 0 spiro atoms. The predicted octanol–water partition coefficient (Wildman–Crippen LogP) is 4.51. The highest BCUT2D eigenvalue weighted by molar-refractivity contribution is 7.99. The second kappa shape index (κ2) is 7.35. The smallest absolute Gasteiger partial charge is 0.277 e. The molecule has 0 bridgehead atoms. The molecule has 26 heavy (non-hydrogen) atoms. The third-order valence-corrected chi connectivity index (χ3v) is 5.39. The molecule has 4 rings (SSSR count). The largest absolute Gasteiger partial charge is 0.459 e. The third-order valence-electron chi connectivity index (χ3n) is 3.71. The number of benzene rings is 1. The maximum Gasteiger partial charge on any atom is 0.277 e. The topological polar surface area (TPSA) is 81.2 Å². The molecule has 8 heteroatoms. The molecule has 1 aromatic carbocycles. The number of furan rings is 1. The van der Waals surface area contributed by atoms with Crippen LogP contribution in [0.4, 0.5) is 0 Å². The summed E-state index contributed by atoms with van der Waals surface area (Å²) < 4.78 is 11.3. The second-order valence-corrected chi connectivity index (χ2v) is 7.49. The lowest BCUT2D eigenvalue weighted by Crippen LogP contribution is -2.27. The van der Waals surface area contributed by atoms with Crippen molar-refractivity contribution in [2.75, 3.05) is 5.75 Å². The van der Waals surface area contributed by atoms with Gasteiger partial charge in [0.2, 0.25) is 5.91 Å². The SMILES string of the molecule is C[C@@H](NC(=O)CSc1nnc(-c2cccs2)o1)c1cc2ccccc2o1. The zero-order valence-electron chi connectivity index (χ0n) is 13.8. The minimum atomic E-state index is -0.222. The van der Waals surface area contributed by atoms with Crippen molar-refractivity contribution in [1.29, 1.82) is 0 Å². The summed E-state index contributed by atoms with van der Waals surface area (Å²) in [4.78, 5) is 13.1. The molecule has 1 amide bonds. The zero-order valence-corrected chi connectivity index (χ0v) is 15.5. The van der Waals surface area contributed by atoms with Crippen molar-refractivity contribution < 1.29 is 13.6 Å². The van der Waals surface area contributed by atoms with Gasteiger partial charge < -0.3 is 14.2 Å². The summed E-state index contributed by atoms with van der Waals surface area (Å²) in [7, 11) is 0. The van der Waals surface area contributed by atoms with Gasteiger partial charge in [-0.15, -0.1) is 21.5 Å². The number of rotatable bonds is 6. The molecule has 1 atom stereocenters. The van der Waals surface area contributed by atoms with Gasteiger partial charge in [0.25, 0.3) is 11.1 Å². The summed E-state index contributed by atoms with van der Waals surface area (Å²) in [5, 5.41) is 14.2. The average Bonchev–Trinajstić information content (AvgIpc) is 3.39. The Morgan fingerprint density at radius 3 is 2.92 bits per heavy atom. The Bertz CT molecular complexity index is 990. The van der Waals surface area contributed by atoms with Crippen molar-refractivity contribution in [2.45, 2.75) is 18.2 Å². The van der Waals surface area contributed by atoms with Crippen molar-refractivity contribution in [1.82, 2.24) is 15.5 Å². The van der Waals surface area contributed by atoms with Crippen LogP contribution in [0.1, 0.15) is 18.7 Å². The molecule has 0 unspecified atom stereocenters. The number of nitrogens with one attached hydrogen (secondary N) is 1. The van der Waals surface area contributed by atoms with Crippen molar-refractivity contribution >= 4 is 40.0 Å². The molecule has 0 aliphatic carbocycles. The van der Waals surface area contributed by atoms with Crippen LogP contribution >= 0.6 is 23.1 Å². The van der Waals surface area contributed by atoms with Crippen LogP contribution in [0.25, 0.3) is 21.7 Å². The van der Waals surface area contributed by atoms with Crippen molar-refractivity contribution in [3.05, 3.63) is 53.6 Å². The van der Waals surface area contributed by atoms with Crippen LogP contribution in [-0.2, 0) is 4.79 Å². The van der Waals surface area contributed by atoms with Crippen LogP contribution < -0.4 is 5.32 Å². The summed E-state index contributed by atoms with van der Waals surface area (Å²) in [5.74, 6) is 1.26. The van der Waals surface area contributed by atoms with Crippen LogP contribution in [0, 0.1) is 0 Å². The summed E-state index contributed by atoms with van der Waals surface area (Å²) in [6, 6.07) is 13.3. The minimum absolute atomic E-state index is 0.126. The highest BCUT2D eigenvalue weighted by Crippen LogP contribution is 2.27. The van der Waals surface area contributed by atoms with Gasteiger partial charge in [0, 0.05) is 5.39 Å². The zero-order chi connectivity index (χ0) is 17.9. The van der Waals surface area contributed by atoms with E-state index < -0.39 is 0 Å². The summed E-state index contributed by atoms with van der Waals surface area (Å²) in [6.07, 6.45) is 0. The Kier molecular flexibility index (Phi) is 4.77. The number of aromatic nitrogens is 2. The van der Waals surface area contributed by atoms with E-state index in [1.807, 2.05) is 54.8 Å². The van der Waals surface area contributed by atoms with E-state index in [-0.39, 0.29) is 17.7 Å². The van der Waals surface area contributed by atoms with Crippen LogP contribution in [0.3, 0.4) is 0 Å². The maximum atomic E-state index is 12.2. The molecule has 132 valence electrons. The Labute approximate surface area is 157 Å². The summed E-state index contributed by atoms with van der Waals surface area (Å²) >= 11 is 2.74. The highest BCUT2D eigenvalue weighted by Gasteiger charge is 2.16. The number of amides is 1. The summed E-state index contributed by atoms with van der Waals surface area (Å²) in [6.45, 7) is 1.89. The molecule has 0 fully saturated rings. The molecule has 4 aromatic rings. The number of para-hydroxylation sites is 1. The Morgan fingerprint density at radius 1 is 1.23 bits per heavy atom. The molecule has 0 saturated carbocycles. The molecular weight excluding hydrogens is 370 g/mol. The van der Waals surface area contributed by atoms with Crippen LogP contribution in [0.5, 0.6) is 0 Å². The minimum Gasteiger partial charge on any atom is -0.459 e. The fourth-order valence-electron chi connectivity index (χ4n) is 2.47. The molecule has 3 aromatic heterocycles. The highest BCUT2D eigenvalue weighted by atomic mass is 32.2. The van der Waals surface area contributed by atoms with E-state index >= 15 is 0 Å². The van der Waals surface area contributed by atoms with E-state index in [0.717, 1.165) is 21.6 Å². The lowest BCUT2D eigenvalue weighted by atomic mass is 10.2. The van der Waals surface area contributed by atoms with Gasteiger partial charge in [-0.05, 0) is 30.5 Å². The first-order chi connectivity index (χ1) is 12.7. The predicted molar refractivity (Wildman–Crippen MR) is 101 cm³/mol. The van der Waals surface area contributed by atoms with E-state index in [4.69, 9.17) is 8.83 Å². The van der Waals surface area contributed by atoms with Gasteiger partial charge >= 0.3 is 0 Å². The Hall–Kier alpha value is -2.58. The second-order valence-electron chi connectivity index (χ2n) is 5.61. The van der Waals surface area contributed by atoms with E-state index in [2.05, 4.69) is 15.5 Å². The maximum absolute atomic E-state index is 12.2. The fraction of sp³-hybridized carbons (Fsp3) is 0.167. The first-order valence-electron chi connectivity index (χ1n) is 7.97. The number of fused-ring (bicyclic) bond motifs is 1. The van der Waals surface area contributed by atoms with Gasteiger partial charge in [-0.1, -0.05) is 36.0 Å². The van der Waals surface area contributed by atoms with Gasteiger partial charge in [-0.3, -0.25) is 4.79 Å². The molecular formula is C18H15N3O3S2. The normalized spacial score (nSPS) is 12.3. The quantitative estimate of drug-likeness (QED) is 0.492. The Balaban J connectivity index is 1.33. The van der Waals surface area contributed by atoms with Crippen molar-refractivity contribution in [3.8, 4) is 10.8 Å². The standard InChI is InChI=1S/C18H15N3O3S2/c1-11(14-9-12-5-2-3-6-13(12)23-14)19-16(22)10-26-18-21-20-17(24-18)15-7-4-8-25-15/h2-9,11H,10H2,1H3,(H,19,22)/t11-/m1/s1. The van der Waals surface area contributed by atoms with Crippen LogP contribution in [0.2, 0.25) is 0 Å². The van der Waals surface area contributed by atoms with Gasteiger partial charge in [-0.2, -0.15) is 0 Å². The van der Waals surface area contributed by atoms with Crippen LogP contribution in [0.15, 0.2) is 61.9 Å². The molecule has 0 radical (unpaired) electrons. The lowest BCUT2D eigenvalue weighted by molar-refractivity contribution is -0.119. The fourth-order valence-corrected chi connectivity index (χ4v) is 3.68. The van der Waals surface area contributed by atoms with E-state index in [0.29, 0.717) is 11.1 Å². The van der Waals surface area contributed by atoms with E-state index in [1.54, 1.807) is 0 Å². The molecule has 0 saturated heterocycles. The number of carbonyl (C=O) groups is 1. The van der Waals surface area contributed by atoms with Gasteiger partial charge in [0.05, 0.1) is 16.7 Å². The average molecular weight is 385 g/mol. The molecule has 0 aliphatic heterocycles. The number of thiophene rings is 1. The van der Waals surface area contributed by atoms with Crippen molar-refractivity contribution in [2.24, 2.45) is 0 Å². The van der Waals surface area contributed by atoms with Crippen molar-refractivity contribution in [3.63, 3.8) is 0 Å². The summed E-state index contributed by atoms with van der Waals surface area (Å²) in [5.41, 5.74) is 0.810. The third kappa shape index (κ3) is 3.66. The first-order valence-corrected chi connectivity index (χ1v) is 9.83. The number of carbonyl (C=O) groups excluding carboxylic acids is 1.